The number of aromatic nitrogens is 3. The number of nitrogen functional groups attached to an aromatic ring is 1. The Balaban J connectivity index is 1.97. The average molecular weight is 273 g/mol. The highest BCUT2D eigenvalue weighted by Crippen LogP contribution is 2.06. The van der Waals surface area contributed by atoms with Gasteiger partial charge < -0.3 is 10.6 Å². The van der Waals surface area contributed by atoms with E-state index < -0.39 is 9.84 Å². The lowest BCUT2D eigenvalue weighted by Gasteiger charge is -2.19. The Hall–Kier alpha value is -1.64. The number of nitrogens with zero attached hydrogens (tertiary/aromatic N) is 4. The van der Waals surface area contributed by atoms with E-state index in [4.69, 9.17) is 5.73 Å². The van der Waals surface area contributed by atoms with Crippen molar-refractivity contribution in [3.05, 3.63) is 6.33 Å². The van der Waals surface area contributed by atoms with Gasteiger partial charge in [-0.1, -0.05) is 0 Å². The molecule has 0 spiro atoms. The molecule has 1 aliphatic heterocycles. The van der Waals surface area contributed by atoms with Gasteiger partial charge in [0, 0.05) is 13.1 Å². The molecule has 2 N–H and O–H groups in total. The Morgan fingerprint density at radius 3 is 2.83 bits per heavy atom. The minimum atomic E-state index is -3.00. The van der Waals surface area contributed by atoms with Crippen molar-refractivity contribution in [3.63, 3.8) is 0 Å². The minimum Gasteiger partial charge on any atom is -0.367 e. The number of anilines is 1. The van der Waals surface area contributed by atoms with E-state index in [0.29, 0.717) is 13.0 Å². The number of rotatable bonds is 2. The standard InChI is InChI=1S/C9H15N5O3S/c10-9-11-7-14(12-9)6-8(15)13-2-1-4-18(16,17)5-3-13/h7H,1-6H2,(H2,10,12). The Labute approximate surface area is 105 Å². The van der Waals surface area contributed by atoms with Gasteiger partial charge in [-0.3, -0.25) is 4.79 Å². The molecular weight excluding hydrogens is 258 g/mol. The second-order valence-electron chi connectivity index (χ2n) is 4.19. The molecule has 2 rings (SSSR count). The maximum absolute atomic E-state index is 11.9. The third kappa shape index (κ3) is 3.19. The van der Waals surface area contributed by atoms with Crippen molar-refractivity contribution in [2.45, 2.75) is 13.0 Å². The van der Waals surface area contributed by atoms with E-state index >= 15 is 0 Å². The van der Waals surface area contributed by atoms with Crippen molar-refractivity contribution in [1.82, 2.24) is 19.7 Å². The van der Waals surface area contributed by atoms with Gasteiger partial charge in [-0.15, -0.1) is 5.10 Å². The lowest BCUT2D eigenvalue weighted by Crippen LogP contribution is -2.36. The predicted octanol–water partition coefficient (Wildman–Crippen LogP) is -1.49. The number of hydrogen-bond donors (Lipinski definition) is 1. The summed E-state index contributed by atoms with van der Waals surface area (Å²) in [5, 5.41) is 3.82. The van der Waals surface area contributed by atoms with Gasteiger partial charge in [0.15, 0.2) is 9.84 Å². The molecule has 0 saturated carbocycles. The van der Waals surface area contributed by atoms with Crippen molar-refractivity contribution in [2.75, 3.05) is 30.3 Å². The number of nitrogens with two attached hydrogens (primary N) is 1. The van der Waals surface area contributed by atoms with Crippen LogP contribution in [0.2, 0.25) is 0 Å². The molecule has 1 saturated heterocycles. The first-order chi connectivity index (χ1) is 8.46. The van der Waals surface area contributed by atoms with Gasteiger partial charge in [-0.25, -0.2) is 18.1 Å². The van der Waals surface area contributed by atoms with E-state index in [1.807, 2.05) is 0 Å². The smallest absolute Gasteiger partial charge is 0.244 e. The normalized spacial score (nSPS) is 19.4. The maximum Gasteiger partial charge on any atom is 0.244 e. The van der Waals surface area contributed by atoms with Crippen LogP contribution in [0.15, 0.2) is 6.33 Å². The fraction of sp³-hybridized carbons (Fsp3) is 0.667. The first-order valence-corrected chi connectivity index (χ1v) is 7.41. The van der Waals surface area contributed by atoms with E-state index in [2.05, 4.69) is 10.1 Å². The van der Waals surface area contributed by atoms with Crippen LogP contribution in [0.3, 0.4) is 0 Å². The van der Waals surface area contributed by atoms with Crippen LogP contribution in [0.25, 0.3) is 0 Å². The molecule has 1 fully saturated rings. The van der Waals surface area contributed by atoms with Crippen LogP contribution in [-0.2, 0) is 21.2 Å². The molecule has 0 atom stereocenters. The number of sulfone groups is 1. The largest absolute Gasteiger partial charge is 0.367 e. The summed E-state index contributed by atoms with van der Waals surface area (Å²) in [4.78, 5) is 17.2. The maximum atomic E-state index is 11.9. The molecule has 1 aromatic heterocycles. The van der Waals surface area contributed by atoms with Crippen LogP contribution >= 0.6 is 0 Å². The molecule has 1 amide bonds. The molecule has 9 heteroatoms. The van der Waals surface area contributed by atoms with Crippen molar-refractivity contribution in [1.29, 1.82) is 0 Å². The van der Waals surface area contributed by atoms with Crippen molar-refractivity contribution in [3.8, 4) is 0 Å². The summed E-state index contributed by atoms with van der Waals surface area (Å²) in [6, 6.07) is 0. The Kier molecular flexibility index (Phi) is 3.50. The highest BCUT2D eigenvalue weighted by Gasteiger charge is 2.22. The Bertz CT molecular complexity index is 538. The minimum absolute atomic E-state index is 0.0260. The van der Waals surface area contributed by atoms with Crippen LogP contribution in [0.4, 0.5) is 5.95 Å². The van der Waals surface area contributed by atoms with Crippen molar-refractivity contribution < 1.29 is 13.2 Å². The van der Waals surface area contributed by atoms with Crippen LogP contribution < -0.4 is 5.73 Å². The number of carbonyl (C=O) groups excluding carboxylic acids is 1. The van der Waals surface area contributed by atoms with E-state index in [1.165, 1.54) is 11.0 Å². The topological polar surface area (TPSA) is 111 Å². The van der Waals surface area contributed by atoms with Crippen LogP contribution in [0.1, 0.15) is 6.42 Å². The third-order valence-electron chi connectivity index (χ3n) is 2.76. The molecular formula is C9H15N5O3S. The summed E-state index contributed by atoms with van der Waals surface area (Å²) in [5.41, 5.74) is 5.35. The highest BCUT2D eigenvalue weighted by atomic mass is 32.2. The lowest BCUT2D eigenvalue weighted by atomic mass is 10.4. The zero-order valence-corrected chi connectivity index (χ0v) is 10.6. The SMILES string of the molecule is Nc1ncn(CC(=O)N2CCCS(=O)(=O)CC2)n1. The molecule has 0 aromatic carbocycles. The van der Waals surface area contributed by atoms with E-state index in [9.17, 15) is 13.2 Å². The van der Waals surface area contributed by atoms with Gasteiger partial charge in [0.25, 0.3) is 0 Å². The fourth-order valence-electron chi connectivity index (χ4n) is 1.81. The number of carbonyl (C=O) groups is 1. The Morgan fingerprint density at radius 1 is 1.39 bits per heavy atom. The first kappa shape index (κ1) is 12.8. The van der Waals surface area contributed by atoms with Crippen molar-refractivity contribution >= 4 is 21.7 Å². The summed E-state index contributed by atoms with van der Waals surface area (Å²) >= 11 is 0. The second kappa shape index (κ2) is 4.92. The molecule has 0 radical (unpaired) electrons. The molecule has 18 heavy (non-hydrogen) atoms. The van der Waals surface area contributed by atoms with Gasteiger partial charge in [0.05, 0.1) is 11.5 Å². The highest BCUT2D eigenvalue weighted by molar-refractivity contribution is 7.91. The van der Waals surface area contributed by atoms with Gasteiger partial charge in [0.2, 0.25) is 11.9 Å². The van der Waals surface area contributed by atoms with Gasteiger partial charge >= 0.3 is 0 Å². The van der Waals surface area contributed by atoms with Crippen LogP contribution in [0.5, 0.6) is 0 Å². The molecule has 1 aliphatic rings. The summed E-state index contributed by atoms with van der Waals surface area (Å²) < 4.78 is 24.2. The quantitative estimate of drug-likeness (QED) is 0.702. The summed E-state index contributed by atoms with van der Waals surface area (Å²) in [6.07, 6.45) is 1.86. The molecule has 0 bridgehead atoms. The van der Waals surface area contributed by atoms with E-state index in [1.54, 1.807) is 4.90 Å². The van der Waals surface area contributed by atoms with E-state index in [-0.39, 0.29) is 36.5 Å². The monoisotopic (exact) mass is 273 g/mol. The van der Waals surface area contributed by atoms with Crippen LogP contribution in [-0.4, -0.2) is 58.6 Å². The van der Waals surface area contributed by atoms with Crippen molar-refractivity contribution in [2.24, 2.45) is 0 Å². The molecule has 1 aromatic rings. The fourth-order valence-corrected chi connectivity index (χ4v) is 3.08. The number of hydrogen-bond acceptors (Lipinski definition) is 6. The molecule has 0 unspecified atom stereocenters. The number of amides is 1. The molecule has 2 heterocycles. The average Bonchev–Trinajstić information content (AvgIpc) is 2.58. The molecule has 100 valence electrons. The summed E-state index contributed by atoms with van der Waals surface area (Å²) in [7, 11) is -3.00. The molecule has 0 aliphatic carbocycles. The Morgan fingerprint density at radius 2 is 2.17 bits per heavy atom. The van der Waals surface area contributed by atoms with Crippen LogP contribution in [0, 0.1) is 0 Å². The zero-order valence-electron chi connectivity index (χ0n) is 9.82. The van der Waals surface area contributed by atoms with Gasteiger partial charge in [-0.2, -0.15) is 0 Å². The zero-order chi connectivity index (χ0) is 13.2. The second-order valence-corrected chi connectivity index (χ2v) is 6.49. The lowest BCUT2D eigenvalue weighted by molar-refractivity contribution is -0.131. The third-order valence-corrected chi connectivity index (χ3v) is 4.48. The molecule has 8 nitrogen and oxygen atoms in total. The predicted molar refractivity (Wildman–Crippen MR) is 64.3 cm³/mol. The first-order valence-electron chi connectivity index (χ1n) is 5.59. The summed E-state index contributed by atoms with van der Waals surface area (Å²) in [6.45, 7) is 0.734. The van der Waals surface area contributed by atoms with Gasteiger partial charge in [0.1, 0.15) is 12.9 Å². The summed E-state index contributed by atoms with van der Waals surface area (Å²) in [5.74, 6) is 0.115. The van der Waals surface area contributed by atoms with E-state index in [0.717, 1.165) is 0 Å². The van der Waals surface area contributed by atoms with Gasteiger partial charge in [-0.05, 0) is 6.42 Å².